The van der Waals surface area contributed by atoms with Crippen molar-refractivity contribution in [3.05, 3.63) is 51.7 Å². The molecule has 4 nitrogen and oxygen atoms in total. The summed E-state index contributed by atoms with van der Waals surface area (Å²) < 4.78 is 5.25. The van der Waals surface area contributed by atoms with Gasteiger partial charge in [-0.2, -0.15) is 0 Å². The number of thiophene rings is 1. The predicted octanol–water partition coefficient (Wildman–Crippen LogP) is 3.35. The smallest absolute Gasteiger partial charge is 0.265 e. The van der Waals surface area contributed by atoms with Gasteiger partial charge < -0.3 is 15.2 Å². The van der Waals surface area contributed by atoms with Crippen LogP contribution in [0.25, 0.3) is 0 Å². The normalized spacial score (nSPS) is 13.4. The molecule has 2 atom stereocenters. The van der Waals surface area contributed by atoms with Gasteiger partial charge in [-0.1, -0.05) is 30.3 Å². The van der Waals surface area contributed by atoms with E-state index >= 15 is 0 Å². The number of ether oxygens (including phenoxy) is 1. The molecule has 2 unspecified atom stereocenters. The van der Waals surface area contributed by atoms with E-state index in [1.165, 1.54) is 11.3 Å². The third-order valence-electron chi connectivity index (χ3n) is 3.65. The maximum Gasteiger partial charge on any atom is 0.265 e. The van der Waals surface area contributed by atoms with E-state index in [0.717, 1.165) is 10.4 Å². The van der Waals surface area contributed by atoms with E-state index in [0.29, 0.717) is 23.6 Å². The van der Waals surface area contributed by atoms with Crippen LogP contribution in [0.3, 0.4) is 0 Å². The quantitative estimate of drug-likeness (QED) is 0.817. The largest absolute Gasteiger partial charge is 0.495 e. The maximum absolute atomic E-state index is 12.4. The van der Waals surface area contributed by atoms with Crippen LogP contribution in [0.5, 0.6) is 5.75 Å². The number of carbonyl (C=O) groups excluding carboxylic acids is 1. The van der Waals surface area contributed by atoms with Crippen LogP contribution in [-0.4, -0.2) is 30.8 Å². The highest BCUT2D eigenvalue weighted by Gasteiger charge is 2.19. The summed E-state index contributed by atoms with van der Waals surface area (Å²) in [6.07, 6.45) is 0.181. The van der Waals surface area contributed by atoms with Crippen LogP contribution in [-0.2, 0) is 0 Å². The molecule has 2 rings (SSSR count). The van der Waals surface area contributed by atoms with Gasteiger partial charge in [0, 0.05) is 17.3 Å². The molecule has 1 aromatic carbocycles. The lowest BCUT2D eigenvalue weighted by Gasteiger charge is -2.19. The van der Waals surface area contributed by atoms with Crippen molar-refractivity contribution in [2.75, 3.05) is 13.7 Å². The van der Waals surface area contributed by atoms with Gasteiger partial charge in [0.25, 0.3) is 5.91 Å². The van der Waals surface area contributed by atoms with Crippen molar-refractivity contribution in [1.82, 2.24) is 5.32 Å². The second kappa shape index (κ2) is 8.13. The number of carbonyl (C=O) groups is 1. The number of methoxy groups -OCH3 is 1. The number of benzene rings is 1. The fraction of sp³-hybridized carbons (Fsp3) is 0.389. The number of aryl methyl sites for hydroxylation is 1. The molecular formula is C18H23NO3S. The van der Waals surface area contributed by atoms with Crippen LogP contribution in [0.15, 0.2) is 36.4 Å². The Morgan fingerprint density at radius 1 is 1.35 bits per heavy atom. The first kappa shape index (κ1) is 17.5. The van der Waals surface area contributed by atoms with Crippen LogP contribution in [0.2, 0.25) is 0 Å². The molecule has 124 valence electrons. The number of aliphatic hydroxyl groups is 1. The van der Waals surface area contributed by atoms with Crippen molar-refractivity contribution >= 4 is 17.2 Å². The second-order valence-corrected chi connectivity index (χ2v) is 6.91. The fourth-order valence-corrected chi connectivity index (χ4v) is 3.47. The average Bonchev–Trinajstić information content (AvgIpc) is 2.92. The molecule has 0 aliphatic carbocycles. The topological polar surface area (TPSA) is 58.6 Å². The summed E-state index contributed by atoms with van der Waals surface area (Å²) in [5.74, 6) is 0.551. The lowest BCUT2D eigenvalue weighted by Crippen LogP contribution is -2.29. The molecule has 23 heavy (non-hydrogen) atoms. The van der Waals surface area contributed by atoms with E-state index in [4.69, 9.17) is 4.74 Å². The predicted molar refractivity (Wildman–Crippen MR) is 93.4 cm³/mol. The standard InChI is InChI=1S/C18H23NO3S/c1-12(20)9-15(14-7-5-4-6-8-14)11-19-18(21)17-16(22-3)10-13(2)23-17/h4-8,10,12,15,20H,9,11H2,1-3H3,(H,19,21). The second-order valence-electron chi connectivity index (χ2n) is 5.66. The van der Waals surface area contributed by atoms with Crippen LogP contribution >= 0.6 is 11.3 Å². The van der Waals surface area contributed by atoms with Crippen LogP contribution in [0.1, 0.15) is 39.4 Å². The van der Waals surface area contributed by atoms with Crippen LogP contribution < -0.4 is 10.1 Å². The first-order chi connectivity index (χ1) is 11.0. The van der Waals surface area contributed by atoms with E-state index in [1.54, 1.807) is 14.0 Å². The number of rotatable bonds is 7. The van der Waals surface area contributed by atoms with E-state index in [2.05, 4.69) is 5.32 Å². The van der Waals surface area contributed by atoms with Gasteiger partial charge in [0.1, 0.15) is 10.6 Å². The molecule has 0 bridgehead atoms. The Morgan fingerprint density at radius 3 is 2.65 bits per heavy atom. The zero-order valence-electron chi connectivity index (χ0n) is 13.7. The van der Waals surface area contributed by atoms with Crippen molar-refractivity contribution in [3.63, 3.8) is 0 Å². The Balaban J connectivity index is 2.07. The van der Waals surface area contributed by atoms with Gasteiger partial charge in [0.2, 0.25) is 0 Å². The van der Waals surface area contributed by atoms with E-state index < -0.39 is 6.10 Å². The highest BCUT2D eigenvalue weighted by molar-refractivity contribution is 7.14. The lowest BCUT2D eigenvalue weighted by molar-refractivity contribution is 0.0947. The molecule has 0 radical (unpaired) electrons. The Bertz CT molecular complexity index is 637. The fourth-order valence-electron chi connectivity index (χ4n) is 2.57. The molecule has 0 aliphatic heterocycles. The van der Waals surface area contributed by atoms with Gasteiger partial charge in [0.15, 0.2) is 0 Å². The zero-order valence-corrected chi connectivity index (χ0v) is 14.5. The third-order valence-corrected chi connectivity index (χ3v) is 4.68. The number of hydrogen-bond donors (Lipinski definition) is 2. The van der Waals surface area contributed by atoms with E-state index in [9.17, 15) is 9.90 Å². The molecule has 1 heterocycles. The molecule has 2 N–H and O–H groups in total. The molecule has 0 spiro atoms. The molecule has 1 aromatic heterocycles. The van der Waals surface area contributed by atoms with Gasteiger partial charge in [0.05, 0.1) is 13.2 Å². The SMILES string of the molecule is COc1cc(C)sc1C(=O)NCC(CC(C)O)c1ccccc1. The first-order valence-electron chi connectivity index (χ1n) is 7.67. The minimum absolute atomic E-state index is 0.0761. The van der Waals surface area contributed by atoms with Crippen LogP contribution in [0.4, 0.5) is 0 Å². The van der Waals surface area contributed by atoms with Gasteiger partial charge in [-0.25, -0.2) is 0 Å². The summed E-state index contributed by atoms with van der Waals surface area (Å²) in [5.41, 5.74) is 1.11. The van der Waals surface area contributed by atoms with Crippen molar-refractivity contribution in [3.8, 4) is 5.75 Å². The summed E-state index contributed by atoms with van der Waals surface area (Å²) in [6.45, 7) is 4.20. The van der Waals surface area contributed by atoms with Crippen molar-refractivity contribution in [2.45, 2.75) is 32.3 Å². The molecule has 0 aliphatic rings. The molecular weight excluding hydrogens is 310 g/mol. The van der Waals surface area contributed by atoms with E-state index in [1.807, 2.05) is 43.3 Å². The minimum atomic E-state index is -0.421. The molecule has 0 saturated carbocycles. The molecule has 0 fully saturated rings. The highest BCUT2D eigenvalue weighted by Crippen LogP contribution is 2.29. The van der Waals surface area contributed by atoms with Crippen molar-refractivity contribution in [2.24, 2.45) is 0 Å². The number of amides is 1. The Labute approximate surface area is 141 Å². The van der Waals surface area contributed by atoms with Gasteiger partial charge >= 0.3 is 0 Å². The van der Waals surface area contributed by atoms with E-state index in [-0.39, 0.29) is 11.8 Å². The monoisotopic (exact) mass is 333 g/mol. The van der Waals surface area contributed by atoms with Crippen molar-refractivity contribution < 1.29 is 14.6 Å². The highest BCUT2D eigenvalue weighted by atomic mass is 32.1. The zero-order chi connectivity index (χ0) is 16.8. The summed E-state index contributed by atoms with van der Waals surface area (Å²) in [6, 6.07) is 11.8. The summed E-state index contributed by atoms with van der Waals surface area (Å²) >= 11 is 1.42. The average molecular weight is 333 g/mol. The molecule has 0 saturated heterocycles. The molecule has 1 amide bonds. The lowest BCUT2D eigenvalue weighted by atomic mass is 9.93. The molecule has 2 aromatic rings. The summed E-state index contributed by atoms with van der Waals surface area (Å²) in [5, 5.41) is 12.7. The Morgan fingerprint density at radius 2 is 2.04 bits per heavy atom. The maximum atomic E-state index is 12.4. The summed E-state index contributed by atoms with van der Waals surface area (Å²) in [4.78, 5) is 14.0. The minimum Gasteiger partial charge on any atom is -0.495 e. The number of aliphatic hydroxyl groups excluding tert-OH is 1. The molecule has 5 heteroatoms. The summed E-state index contributed by atoms with van der Waals surface area (Å²) in [7, 11) is 1.57. The number of hydrogen-bond acceptors (Lipinski definition) is 4. The van der Waals surface area contributed by atoms with Gasteiger partial charge in [-0.15, -0.1) is 11.3 Å². The van der Waals surface area contributed by atoms with Crippen molar-refractivity contribution in [1.29, 1.82) is 0 Å². The van der Waals surface area contributed by atoms with Crippen LogP contribution in [0, 0.1) is 6.92 Å². The Hall–Kier alpha value is -1.85. The van der Waals surface area contributed by atoms with Gasteiger partial charge in [-0.3, -0.25) is 4.79 Å². The third kappa shape index (κ3) is 4.81. The first-order valence-corrected chi connectivity index (χ1v) is 8.48. The number of nitrogens with one attached hydrogen (secondary N) is 1. The Kier molecular flexibility index (Phi) is 6.19. The van der Waals surface area contributed by atoms with Gasteiger partial charge in [-0.05, 0) is 31.9 Å².